The Balaban J connectivity index is 1.53. The molecule has 0 bridgehead atoms. The number of likely N-dealkylation sites (tertiary alicyclic amines) is 1. The van der Waals surface area contributed by atoms with Crippen molar-refractivity contribution in [2.75, 3.05) is 13.1 Å². The fourth-order valence-electron chi connectivity index (χ4n) is 2.87. The van der Waals surface area contributed by atoms with E-state index in [0.29, 0.717) is 29.1 Å². The van der Waals surface area contributed by atoms with Gasteiger partial charge in [-0.3, -0.25) is 9.59 Å². The summed E-state index contributed by atoms with van der Waals surface area (Å²) < 4.78 is 5.86. The van der Waals surface area contributed by atoms with E-state index in [9.17, 15) is 9.59 Å². The molecule has 2 heterocycles. The van der Waals surface area contributed by atoms with Gasteiger partial charge < -0.3 is 14.6 Å². The van der Waals surface area contributed by atoms with Crippen molar-refractivity contribution in [1.82, 2.24) is 10.2 Å². The first kappa shape index (κ1) is 16.8. The van der Waals surface area contributed by atoms with Crippen molar-refractivity contribution in [3.8, 4) is 0 Å². The summed E-state index contributed by atoms with van der Waals surface area (Å²) in [4.78, 5) is 26.4. The number of amides is 2. The summed E-state index contributed by atoms with van der Waals surface area (Å²) in [6, 6.07) is 11.0. The number of benzene rings is 1. The zero-order valence-electron chi connectivity index (χ0n) is 13.4. The zero-order chi connectivity index (χ0) is 17.1. The molecular weight excluding hydrogens is 372 g/mol. The molecule has 1 N–H and O–H groups in total. The molecule has 1 aromatic heterocycles. The maximum absolute atomic E-state index is 12.3. The van der Waals surface area contributed by atoms with Gasteiger partial charge in [-0.05, 0) is 60.0 Å². The average Bonchev–Trinajstić information content (AvgIpc) is 3.01. The van der Waals surface area contributed by atoms with Gasteiger partial charge in [0.1, 0.15) is 0 Å². The van der Waals surface area contributed by atoms with Gasteiger partial charge in [0.05, 0.1) is 0 Å². The van der Waals surface area contributed by atoms with Crippen molar-refractivity contribution in [3.63, 3.8) is 0 Å². The molecule has 0 unspecified atom stereocenters. The normalized spacial score (nSPS) is 15.3. The van der Waals surface area contributed by atoms with Crippen LogP contribution in [0.25, 0.3) is 0 Å². The van der Waals surface area contributed by atoms with E-state index in [4.69, 9.17) is 4.42 Å². The van der Waals surface area contributed by atoms with Gasteiger partial charge in [0.2, 0.25) is 0 Å². The maximum atomic E-state index is 12.3. The standard InChI is InChI=1S/C18H19BrN2O3/c1-12-3-2-4-13(11-12)17(22)20-14-7-9-21(10-8-14)18(23)15-5-6-16(19)24-15/h2-6,11,14H,7-10H2,1H3,(H,20,22). The van der Waals surface area contributed by atoms with E-state index in [2.05, 4.69) is 21.2 Å². The first-order valence-electron chi connectivity index (χ1n) is 7.95. The van der Waals surface area contributed by atoms with Crippen LogP contribution in [0.15, 0.2) is 45.5 Å². The molecule has 0 spiro atoms. The molecule has 6 heteroatoms. The van der Waals surface area contributed by atoms with E-state index in [-0.39, 0.29) is 17.9 Å². The van der Waals surface area contributed by atoms with E-state index in [0.717, 1.165) is 18.4 Å². The van der Waals surface area contributed by atoms with Crippen LogP contribution in [0.2, 0.25) is 0 Å². The minimum atomic E-state index is -0.107. The zero-order valence-corrected chi connectivity index (χ0v) is 15.0. The number of aryl methyl sites for hydroxylation is 1. The molecule has 0 saturated carbocycles. The van der Waals surface area contributed by atoms with Crippen molar-refractivity contribution in [2.45, 2.75) is 25.8 Å². The van der Waals surface area contributed by atoms with E-state index in [1.807, 2.05) is 31.2 Å². The highest BCUT2D eigenvalue weighted by molar-refractivity contribution is 9.10. The second-order valence-corrected chi connectivity index (χ2v) is 6.79. The Morgan fingerprint density at radius 2 is 1.96 bits per heavy atom. The summed E-state index contributed by atoms with van der Waals surface area (Å²) in [5.74, 6) is 0.173. The van der Waals surface area contributed by atoms with Crippen molar-refractivity contribution in [1.29, 1.82) is 0 Å². The Morgan fingerprint density at radius 1 is 1.21 bits per heavy atom. The number of halogens is 1. The van der Waals surface area contributed by atoms with Gasteiger partial charge in [0, 0.05) is 24.7 Å². The summed E-state index contributed by atoms with van der Waals surface area (Å²) in [5.41, 5.74) is 1.74. The SMILES string of the molecule is Cc1cccc(C(=O)NC2CCN(C(=O)c3ccc(Br)o3)CC2)c1. The summed E-state index contributed by atoms with van der Waals surface area (Å²) in [6.45, 7) is 3.18. The minimum absolute atomic E-state index is 0.0570. The third-order valence-corrected chi connectivity index (χ3v) is 4.61. The van der Waals surface area contributed by atoms with Crippen LogP contribution in [0.1, 0.15) is 39.3 Å². The Morgan fingerprint density at radius 3 is 2.58 bits per heavy atom. The predicted octanol–water partition coefficient (Wildman–Crippen LogP) is 3.39. The average molecular weight is 391 g/mol. The van der Waals surface area contributed by atoms with Crippen LogP contribution in [0.4, 0.5) is 0 Å². The summed E-state index contributed by atoms with van der Waals surface area (Å²) >= 11 is 3.20. The molecule has 0 radical (unpaired) electrons. The number of piperidine rings is 1. The van der Waals surface area contributed by atoms with Gasteiger partial charge in [-0.25, -0.2) is 0 Å². The molecule has 1 aliphatic heterocycles. The topological polar surface area (TPSA) is 62.6 Å². The van der Waals surface area contributed by atoms with E-state index in [1.165, 1.54) is 0 Å². The highest BCUT2D eigenvalue weighted by Gasteiger charge is 2.26. The van der Waals surface area contributed by atoms with Crippen LogP contribution in [0.5, 0.6) is 0 Å². The van der Waals surface area contributed by atoms with Gasteiger partial charge in [-0.2, -0.15) is 0 Å². The second kappa shape index (κ2) is 7.21. The highest BCUT2D eigenvalue weighted by Crippen LogP contribution is 2.19. The summed E-state index contributed by atoms with van der Waals surface area (Å²) in [7, 11) is 0. The number of nitrogens with one attached hydrogen (secondary N) is 1. The lowest BCUT2D eigenvalue weighted by atomic mass is 10.0. The van der Waals surface area contributed by atoms with E-state index >= 15 is 0 Å². The highest BCUT2D eigenvalue weighted by atomic mass is 79.9. The van der Waals surface area contributed by atoms with Gasteiger partial charge in [-0.15, -0.1) is 0 Å². The third-order valence-electron chi connectivity index (χ3n) is 4.18. The smallest absolute Gasteiger partial charge is 0.289 e. The summed E-state index contributed by atoms with van der Waals surface area (Å²) in [6.07, 6.45) is 1.48. The van der Waals surface area contributed by atoms with Crippen LogP contribution >= 0.6 is 15.9 Å². The quantitative estimate of drug-likeness (QED) is 0.873. The number of rotatable bonds is 3. The second-order valence-electron chi connectivity index (χ2n) is 6.01. The van der Waals surface area contributed by atoms with Gasteiger partial charge >= 0.3 is 0 Å². The fourth-order valence-corrected chi connectivity index (χ4v) is 3.17. The molecule has 2 aromatic rings. The largest absolute Gasteiger partial charge is 0.444 e. The van der Waals surface area contributed by atoms with Crippen molar-refractivity contribution < 1.29 is 14.0 Å². The van der Waals surface area contributed by atoms with E-state index in [1.54, 1.807) is 17.0 Å². The van der Waals surface area contributed by atoms with E-state index < -0.39 is 0 Å². The Kier molecular flexibility index (Phi) is 5.04. The molecule has 2 amide bonds. The number of carbonyl (C=O) groups is 2. The van der Waals surface area contributed by atoms with Crippen molar-refractivity contribution >= 4 is 27.7 Å². The van der Waals surface area contributed by atoms with Crippen LogP contribution < -0.4 is 5.32 Å². The molecule has 1 aliphatic rings. The van der Waals surface area contributed by atoms with Crippen LogP contribution in [0.3, 0.4) is 0 Å². The number of furan rings is 1. The molecule has 5 nitrogen and oxygen atoms in total. The molecule has 1 fully saturated rings. The number of carbonyl (C=O) groups excluding carboxylic acids is 2. The maximum Gasteiger partial charge on any atom is 0.289 e. The molecule has 0 atom stereocenters. The molecule has 126 valence electrons. The fraction of sp³-hybridized carbons (Fsp3) is 0.333. The van der Waals surface area contributed by atoms with Gasteiger partial charge in [0.15, 0.2) is 10.4 Å². The Hall–Kier alpha value is -2.08. The van der Waals surface area contributed by atoms with Gasteiger partial charge in [0.25, 0.3) is 11.8 Å². The molecule has 24 heavy (non-hydrogen) atoms. The van der Waals surface area contributed by atoms with Crippen molar-refractivity contribution in [2.24, 2.45) is 0 Å². The number of hydrogen-bond acceptors (Lipinski definition) is 3. The monoisotopic (exact) mass is 390 g/mol. The van der Waals surface area contributed by atoms with Gasteiger partial charge in [-0.1, -0.05) is 17.7 Å². The lowest BCUT2D eigenvalue weighted by Crippen LogP contribution is -2.46. The van der Waals surface area contributed by atoms with Crippen LogP contribution in [-0.4, -0.2) is 35.8 Å². The first-order chi connectivity index (χ1) is 11.5. The first-order valence-corrected chi connectivity index (χ1v) is 8.74. The number of hydrogen-bond donors (Lipinski definition) is 1. The molecule has 1 aromatic carbocycles. The molecule has 1 saturated heterocycles. The predicted molar refractivity (Wildman–Crippen MR) is 94.0 cm³/mol. The lowest BCUT2D eigenvalue weighted by Gasteiger charge is -2.31. The Bertz CT molecular complexity index is 748. The molecule has 0 aliphatic carbocycles. The van der Waals surface area contributed by atoms with Crippen LogP contribution in [0, 0.1) is 6.92 Å². The lowest BCUT2D eigenvalue weighted by molar-refractivity contribution is 0.0666. The van der Waals surface area contributed by atoms with Crippen molar-refractivity contribution in [3.05, 3.63) is 58.0 Å². The molecule has 3 rings (SSSR count). The minimum Gasteiger partial charge on any atom is -0.444 e. The molecular formula is C18H19BrN2O3. The number of nitrogens with zero attached hydrogens (tertiary/aromatic N) is 1. The van der Waals surface area contributed by atoms with Crippen LogP contribution in [-0.2, 0) is 0 Å². The summed E-state index contributed by atoms with van der Waals surface area (Å²) in [5, 5.41) is 3.06. The Labute approximate surface area is 149 Å². The third kappa shape index (κ3) is 3.87.